The molecule has 1 heterocycles. The number of benzene rings is 2. The molecule has 0 bridgehead atoms. The molecule has 0 spiro atoms. The predicted molar refractivity (Wildman–Crippen MR) is 101 cm³/mol. The molecule has 6 nitrogen and oxygen atoms in total. The summed E-state index contributed by atoms with van der Waals surface area (Å²) in [4.78, 5) is 27.4. The van der Waals surface area contributed by atoms with Crippen LogP contribution in [0.4, 0.5) is 0 Å². The highest BCUT2D eigenvalue weighted by atomic mass is 16.5. The Morgan fingerprint density at radius 1 is 0.926 bits per heavy atom. The van der Waals surface area contributed by atoms with Crippen molar-refractivity contribution in [3.8, 4) is 5.75 Å². The van der Waals surface area contributed by atoms with Crippen molar-refractivity contribution in [3.63, 3.8) is 0 Å². The first-order chi connectivity index (χ1) is 13.1. The zero-order chi connectivity index (χ0) is 19.1. The van der Waals surface area contributed by atoms with E-state index in [9.17, 15) is 9.59 Å². The Labute approximate surface area is 157 Å². The Hall–Kier alpha value is -3.67. The van der Waals surface area contributed by atoms with Gasteiger partial charge in [-0.2, -0.15) is 0 Å². The number of primary amides is 1. The van der Waals surface area contributed by atoms with Crippen LogP contribution >= 0.6 is 0 Å². The molecule has 0 aliphatic heterocycles. The van der Waals surface area contributed by atoms with Crippen molar-refractivity contribution in [1.29, 1.82) is 0 Å². The summed E-state index contributed by atoms with van der Waals surface area (Å²) in [5, 5.41) is 2.84. The van der Waals surface area contributed by atoms with Crippen LogP contribution < -0.4 is 15.8 Å². The Bertz CT molecular complexity index is 908. The Kier molecular flexibility index (Phi) is 5.79. The monoisotopic (exact) mass is 361 g/mol. The van der Waals surface area contributed by atoms with Gasteiger partial charge in [-0.3, -0.25) is 14.6 Å². The molecular weight excluding hydrogens is 342 g/mol. The topological polar surface area (TPSA) is 94.3 Å². The van der Waals surface area contributed by atoms with Gasteiger partial charge in [0.15, 0.2) is 0 Å². The average molecular weight is 361 g/mol. The maximum absolute atomic E-state index is 12.2. The number of nitrogens with zero attached hydrogens (tertiary/aromatic N) is 1. The van der Waals surface area contributed by atoms with Gasteiger partial charge in [-0.15, -0.1) is 0 Å². The summed E-state index contributed by atoms with van der Waals surface area (Å²) in [5.41, 5.74) is 7.83. The molecule has 0 radical (unpaired) electrons. The first kappa shape index (κ1) is 18.1. The van der Waals surface area contributed by atoms with Crippen molar-refractivity contribution >= 4 is 11.8 Å². The van der Waals surface area contributed by atoms with Crippen LogP contribution in [-0.2, 0) is 13.2 Å². The number of ether oxygens (including phenoxy) is 1. The summed E-state index contributed by atoms with van der Waals surface area (Å²) in [7, 11) is 0. The second kappa shape index (κ2) is 8.62. The van der Waals surface area contributed by atoms with E-state index in [2.05, 4.69) is 10.3 Å². The summed E-state index contributed by atoms with van der Waals surface area (Å²) in [6.45, 7) is 0.787. The second-order valence-corrected chi connectivity index (χ2v) is 5.88. The molecule has 0 atom stereocenters. The lowest BCUT2D eigenvalue weighted by atomic mass is 10.1. The molecule has 0 saturated carbocycles. The van der Waals surface area contributed by atoms with Gasteiger partial charge in [-0.05, 0) is 54.1 Å². The molecular formula is C21H19N3O3. The van der Waals surface area contributed by atoms with Crippen LogP contribution in [-0.4, -0.2) is 16.8 Å². The number of rotatable bonds is 7. The van der Waals surface area contributed by atoms with Crippen molar-refractivity contribution in [2.24, 2.45) is 5.73 Å². The van der Waals surface area contributed by atoms with Crippen molar-refractivity contribution < 1.29 is 14.3 Å². The molecule has 2 aromatic carbocycles. The quantitative estimate of drug-likeness (QED) is 0.676. The van der Waals surface area contributed by atoms with E-state index in [0.717, 1.165) is 17.0 Å². The minimum Gasteiger partial charge on any atom is -0.487 e. The normalized spacial score (nSPS) is 10.2. The van der Waals surface area contributed by atoms with E-state index in [1.807, 2.05) is 42.5 Å². The van der Waals surface area contributed by atoms with Gasteiger partial charge in [0.2, 0.25) is 5.91 Å². The van der Waals surface area contributed by atoms with E-state index >= 15 is 0 Å². The molecule has 3 rings (SSSR count). The van der Waals surface area contributed by atoms with E-state index in [0.29, 0.717) is 24.3 Å². The van der Waals surface area contributed by atoms with Crippen molar-refractivity contribution in [2.75, 3.05) is 0 Å². The average Bonchev–Trinajstić information content (AvgIpc) is 2.72. The lowest BCUT2D eigenvalue weighted by Gasteiger charge is -2.08. The molecule has 0 aliphatic rings. The van der Waals surface area contributed by atoms with Gasteiger partial charge in [-0.25, -0.2) is 0 Å². The van der Waals surface area contributed by atoms with Crippen LogP contribution in [0.3, 0.4) is 0 Å². The maximum atomic E-state index is 12.2. The fourth-order valence-corrected chi connectivity index (χ4v) is 2.41. The fourth-order valence-electron chi connectivity index (χ4n) is 2.41. The molecule has 2 amide bonds. The molecule has 0 saturated heterocycles. The van der Waals surface area contributed by atoms with Gasteiger partial charge in [0.1, 0.15) is 12.4 Å². The standard InChI is InChI=1S/C21H19N3O3/c22-20(25)16-6-8-17(9-7-16)21(26)24-13-15-4-10-19(11-5-15)27-14-18-3-1-2-12-23-18/h1-12H,13-14H2,(H2,22,25)(H,24,26). The SMILES string of the molecule is NC(=O)c1ccc(C(=O)NCc2ccc(OCc3ccccn3)cc2)cc1. The zero-order valence-electron chi connectivity index (χ0n) is 14.6. The second-order valence-electron chi connectivity index (χ2n) is 5.88. The van der Waals surface area contributed by atoms with E-state index in [-0.39, 0.29) is 5.91 Å². The van der Waals surface area contributed by atoms with Crippen LogP contribution in [0.1, 0.15) is 32.0 Å². The van der Waals surface area contributed by atoms with Gasteiger partial charge in [0.25, 0.3) is 5.91 Å². The highest BCUT2D eigenvalue weighted by Gasteiger charge is 2.07. The van der Waals surface area contributed by atoms with Gasteiger partial charge in [0, 0.05) is 23.9 Å². The first-order valence-electron chi connectivity index (χ1n) is 8.41. The number of amides is 2. The summed E-state index contributed by atoms with van der Waals surface area (Å²) in [5.74, 6) is -0.00779. The van der Waals surface area contributed by atoms with Crippen LogP contribution in [0.15, 0.2) is 72.9 Å². The minimum absolute atomic E-state index is 0.221. The summed E-state index contributed by atoms with van der Waals surface area (Å²) >= 11 is 0. The van der Waals surface area contributed by atoms with Crippen LogP contribution in [0.25, 0.3) is 0 Å². The molecule has 136 valence electrons. The Balaban J connectivity index is 1.50. The lowest BCUT2D eigenvalue weighted by molar-refractivity contribution is 0.0948. The highest BCUT2D eigenvalue weighted by Crippen LogP contribution is 2.14. The molecule has 0 unspecified atom stereocenters. The fraction of sp³-hybridized carbons (Fsp3) is 0.0952. The summed E-state index contributed by atoms with van der Waals surface area (Å²) in [6.07, 6.45) is 1.73. The van der Waals surface area contributed by atoms with E-state index in [1.165, 1.54) is 12.1 Å². The van der Waals surface area contributed by atoms with Crippen LogP contribution in [0.2, 0.25) is 0 Å². The van der Waals surface area contributed by atoms with Crippen molar-refractivity contribution in [3.05, 3.63) is 95.3 Å². The number of carbonyl (C=O) groups is 2. The van der Waals surface area contributed by atoms with E-state index < -0.39 is 5.91 Å². The number of hydrogen-bond donors (Lipinski definition) is 2. The number of carbonyl (C=O) groups excluding carboxylic acids is 2. The Morgan fingerprint density at radius 2 is 1.63 bits per heavy atom. The molecule has 0 aliphatic carbocycles. The predicted octanol–water partition coefficient (Wildman–Crippen LogP) is 2.69. The van der Waals surface area contributed by atoms with Crippen LogP contribution in [0.5, 0.6) is 5.75 Å². The molecule has 6 heteroatoms. The maximum Gasteiger partial charge on any atom is 0.251 e. The number of aromatic nitrogens is 1. The number of nitrogens with two attached hydrogens (primary N) is 1. The third-order valence-electron chi connectivity index (χ3n) is 3.92. The third kappa shape index (κ3) is 5.15. The highest BCUT2D eigenvalue weighted by molar-refractivity contribution is 5.97. The smallest absolute Gasteiger partial charge is 0.251 e. The van der Waals surface area contributed by atoms with Crippen LogP contribution in [0, 0.1) is 0 Å². The zero-order valence-corrected chi connectivity index (χ0v) is 14.6. The van der Waals surface area contributed by atoms with Gasteiger partial charge < -0.3 is 15.8 Å². The molecule has 0 fully saturated rings. The molecule has 3 aromatic rings. The van der Waals surface area contributed by atoms with E-state index in [4.69, 9.17) is 10.5 Å². The number of nitrogens with one attached hydrogen (secondary N) is 1. The first-order valence-corrected chi connectivity index (χ1v) is 8.41. The molecule has 1 aromatic heterocycles. The van der Waals surface area contributed by atoms with E-state index in [1.54, 1.807) is 18.3 Å². The van der Waals surface area contributed by atoms with Crippen molar-refractivity contribution in [1.82, 2.24) is 10.3 Å². The summed E-state index contributed by atoms with van der Waals surface area (Å²) in [6, 6.07) is 19.4. The summed E-state index contributed by atoms with van der Waals surface area (Å²) < 4.78 is 5.68. The minimum atomic E-state index is -0.521. The molecule has 3 N–H and O–H groups in total. The van der Waals surface area contributed by atoms with Gasteiger partial charge >= 0.3 is 0 Å². The third-order valence-corrected chi connectivity index (χ3v) is 3.92. The molecule has 27 heavy (non-hydrogen) atoms. The van der Waals surface area contributed by atoms with Gasteiger partial charge in [0.05, 0.1) is 5.69 Å². The van der Waals surface area contributed by atoms with Gasteiger partial charge in [-0.1, -0.05) is 18.2 Å². The lowest BCUT2D eigenvalue weighted by Crippen LogP contribution is -2.23. The largest absolute Gasteiger partial charge is 0.487 e. The number of hydrogen-bond acceptors (Lipinski definition) is 4. The Morgan fingerprint density at radius 3 is 2.26 bits per heavy atom. The number of pyridine rings is 1. The van der Waals surface area contributed by atoms with Crippen molar-refractivity contribution in [2.45, 2.75) is 13.2 Å².